The van der Waals surface area contributed by atoms with E-state index in [2.05, 4.69) is 212 Å². The van der Waals surface area contributed by atoms with Gasteiger partial charge in [0.25, 0.3) is 0 Å². The molecule has 4 aromatic heterocycles. The van der Waals surface area contributed by atoms with Gasteiger partial charge in [-0.25, -0.2) is 0 Å². The Labute approximate surface area is 342 Å². The Kier molecular flexibility index (Phi) is 8.41. The molecule has 59 heavy (non-hydrogen) atoms. The molecule has 0 aliphatic rings. The van der Waals surface area contributed by atoms with Gasteiger partial charge in [0.05, 0.1) is 16.6 Å². The van der Waals surface area contributed by atoms with Crippen molar-refractivity contribution in [3.63, 3.8) is 0 Å². The minimum absolute atomic E-state index is 1.07. The Morgan fingerprint density at radius 1 is 0.356 bits per heavy atom. The van der Waals surface area contributed by atoms with Crippen molar-refractivity contribution >= 4 is 49.8 Å². The fourth-order valence-corrected chi connectivity index (χ4v) is 8.42. The van der Waals surface area contributed by atoms with Crippen LogP contribution in [0.4, 0.5) is 17.1 Å². The molecule has 11 aromatic rings. The Hall–Kier alpha value is -8.02. The maximum absolute atomic E-state index is 4.33. The molecule has 0 bridgehead atoms. The van der Waals surface area contributed by atoms with Crippen LogP contribution in [0.3, 0.4) is 0 Å². The molecule has 0 unspecified atom stereocenters. The largest absolute Gasteiger partial charge is 0.317 e. The lowest BCUT2D eigenvalue weighted by molar-refractivity contribution is 1.13. The van der Waals surface area contributed by atoms with Crippen LogP contribution in [0, 0.1) is 0 Å². The number of rotatable bonds is 8. The summed E-state index contributed by atoms with van der Waals surface area (Å²) in [5, 5.41) is 3.65. The van der Waals surface area contributed by atoms with Crippen LogP contribution in [0.15, 0.2) is 225 Å². The van der Waals surface area contributed by atoms with E-state index < -0.39 is 0 Å². The molecule has 0 N–H and O–H groups in total. The zero-order valence-electron chi connectivity index (χ0n) is 32.1. The fourth-order valence-electron chi connectivity index (χ4n) is 8.42. The van der Waals surface area contributed by atoms with E-state index in [1.165, 1.54) is 38.3 Å². The smallest absolute Gasteiger partial charge is 0.0548 e. The van der Waals surface area contributed by atoms with Crippen molar-refractivity contribution in [3.8, 4) is 44.8 Å². The van der Waals surface area contributed by atoms with E-state index in [-0.39, 0.29) is 0 Å². The van der Waals surface area contributed by atoms with Gasteiger partial charge in [0.2, 0.25) is 0 Å². The molecule has 5 heteroatoms. The maximum Gasteiger partial charge on any atom is 0.0548 e. The van der Waals surface area contributed by atoms with E-state index >= 15 is 0 Å². The summed E-state index contributed by atoms with van der Waals surface area (Å²) in [6.45, 7) is 0. The number of para-hydroxylation sites is 2. The van der Waals surface area contributed by atoms with Gasteiger partial charge < -0.3 is 14.0 Å². The first kappa shape index (κ1) is 34.2. The SMILES string of the molecule is c1ccc(-n2ccc3cc4c(cc32)c2cc(-c3ccc(N(c5ccc(-c6cccnc6)cc5)c5ccc(-c6cccnc6)cc5)cc3)ccc2n4-c2ccccc2)cc1. The van der Waals surface area contributed by atoms with Crippen LogP contribution in [0.1, 0.15) is 0 Å². The van der Waals surface area contributed by atoms with Crippen LogP contribution >= 0.6 is 0 Å². The van der Waals surface area contributed by atoms with Crippen molar-refractivity contribution in [2.45, 2.75) is 0 Å². The maximum atomic E-state index is 4.33. The van der Waals surface area contributed by atoms with E-state index in [4.69, 9.17) is 0 Å². The highest BCUT2D eigenvalue weighted by atomic mass is 15.1. The third-order valence-corrected chi connectivity index (χ3v) is 11.3. The van der Waals surface area contributed by atoms with Gasteiger partial charge in [0, 0.05) is 75.6 Å². The first-order valence-corrected chi connectivity index (χ1v) is 19.9. The standard InChI is InChI=1S/C54H37N5/c1-3-11-45(12-4-1)57-32-29-42-34-54-51(35-53(42)57)50-33-41(21-28-52(50)59(54)46-13-5-2-6-14-46)38-15-22-47(23-16-38)58(48-24-17-39(18-25-48)43-9-7-30-55-36-43)49-26-19-40(20-27-49)44-10-8-31-56-37-44/h1-37H. The highest BCUT2D eigenvalue weighted by molar-refractivity contribution is 6.14. The number of pyridine rings is 2. The van der Waals surface area contributed by atoms with Crippen molar-refractivity contribution in [1.82, 2.24) is 19.1 Å². The summed E-state index contributed by atoms with van der Waals surface area (Å²) < 4.78 is 4.68. The number of benzene rings is 7. The fraction of sp³-hybridized carbons (Fsp3) is 0. The van der Waals surface area contributed by atoms with Crippen molar-refractivity contribution in [3.05, 3.63) is 225 Å². The third kappa shape index (κ3) is 6.22. The quantitative estimate of drug-likeness (QED) is 0.155. The molecule has 0 atom stereocenters. The highest BCUT2D eigenvalue weighted by Crippen LogP contribution is 2.40. The number of hydrogen-bond donors (Lipinski definition) is 0. The van der Waals surface area contributed by atoms with Crippen LogP contribution in [0.25, 0.3) is 77.5 Å². The molecule has 0 fully saturated rings. The van der Waals surface area contributed by atoms with Gasteiger partial charge in [0.15, 0.2) is 0 Å². The number of fused-ring (bicyclic) bond motifs is 4. The zero-order chi connectivity index (χ0) is 39.1. The summed E-state index contributed by atoms with van der Waals surface area (Å²) in [4.78, 5) is 11.0. The molecule has 5 nitrogen and oxygen atoms in total. The first-order chi connectivity index (χ1) is 29.2. The van der Waals surface area contributed by atoms with Crippen LogP contribution in [-0.2, 0) is 0 Å². The van der Waals surface area contributed by atoms with E-state index in [9.17, 15) is 0 Å². The summed E-state index contributed by atoms with van der Waals surface area (Å²) in [6.07, 6.45) is 9.60. The second kappa shape index (κ2) is 14.5. The second-order valence-electron chi connectivity index (χ2n) is 14.8. The van der Waals surface area contributed by atoms with E-state index in [1.807, 2.05) is 36.9 Å². The Bertz CT molecular complexity index is 3130. The third-order valence-electron chi connectivity index (χ3n) is 11.3. The molecular weight excluding hydrogens is 719 g/mol. The van der Waals surface area contributed by atoms with Gasteiger partial charge in [-0.15, -0.1) is 0 Å². The molecule has 0 saturated carbocycles. The van der Waals surface area contributed by atoms with Crippen molar-refractivity contribution in [2.75, 3.05) is 4.90 Å². The van der Waals surface area contributed by atoms with Crippen molar-refractivity contribution in [1.29, 1.82) is 0 Å². The molecule has 0 saturated heterocycles. The number of hydrogen-bond acceptors (Lipinski definition) is 3. The number of nitrogens with zero attached hydrogens (tertiary/aromatic N) is 5. The highest BCUT2D eigenvalue weighted by Gasteiger charge is 2.18. The van der Waals surface area contributed by atoms with E-state index in [0.29, 0.717) is 0 Å². The Morgan fingerprint density at radius 3 is 1.41 bits per heavy atom. The number of aromatic nitrogens is 4. The summed E-state index contributed by atoms with van der Waals surface area (Å²) in [5.41, 5.74) is 15.8. The Morgan fingerprint density at radius 2 is 0.864 bits per heavy atom. The monoisotopic (exact) mass is 755 g/mol. The van der Waals surface area contributed by atoms with Gasteiger partial charge in [-0.3, -0.25) is 9.97 Å². The summed E-state index contributed by atoms with van der Waals surface area (Å²) >= 11 is 0. The molecule has 0 aliphatic carbocycles. The van der Waals surface area contributed by atoms with Crippen LogP contribution in [-0.4, -0.2) is 19.1 Å². The van der Waals surface area contributed by atoms with Crippen LogP contribution in [0.2, 0.25) is 0 Å². The molecule has 0 spiro atoms. The predicted molar refractivity (Wildman–Crippen MR) is 244 cm³/mol. The van der Waals surface area contributed by atoms with E-state index in [0.717, 1.165) is 56.3 Å². The topological polar surface area (TPSA) is 38.9 Å². The second-order valence-corrected chi connectivity index (χ2v) is 14.8. The van der Waals surface area contributed by atoms with Gasteiger partial charge in [-0.2, -0.15) is 0 Å². The molecule has 11 rings (SSSR count). The van der Waals surface area contributed by atoms with Gasteiger partial charge in [-0.1, -0.05) is 91.0 Å². The van der Waals surface area contributed by atoms with Crippen molar-refractivity contribution in [2.24, 2.45) is 0 Å². The average molecular weight is 756 g/mol. The molecule has 4 heterocycles. The summed E-state index contributed by atoms with van der Waals surface area (Å²) in [7, 11) is 0. The number of anilines is 3. The zero-order valence-corrected chi connectivity index (χ0v) is 32.1. The van der Waals surface area contributed by atoms with Crippen LogP contribution < -0.4 is 4.90 Å². The first-order valence-electron chi connectivity index (χ1n) is 19.9. The molecule has 278 valence electrons. The summed E-state index contributed by atoms with van der Waals surface area (Å²) in [5.74, 6) is 0. The van der Waals surface area contributed by atoms with Gasteiger partial charge >= 0.3 is 0 Å². The lowest BCUT2D eigenvalue weighted by Crippen LogP contribution is -2.09. The van der Waals surface area contributed by atoms with Gasteiger partial charge in [-0.05, 0) is 137 Å². The minimum Gasteiger partial charge on any atom is -0.317 e. The predicted octanol–water partition coefficient (Wildman–Crippen LogP) is 14.0. The Balaban J connectivity index is 1.01. The summed E-state index contributed by atoms with van der Waals surface area (Å²) in [6, 6.07) is 69.6. The molecule has 0 aliphatic heterocycles. The minimum atomic E-state index is 1.07. The lowest BCUT2D eigenvalue weighted by Gasteiger charge is -2.26. The normalized spacial score (nSPS) is 11.4. The average Bonchev–Trinajstić information content (AvgIpc) is 3.88. The molecule has 7 aromatic carbocycles. The van der Waals surface area contributed by atoms with Gasteiger partial charge in [0.1, 0.15) is 0 Å². The van der Waals surface area contributed by atoms with Crippen LogP contribution in [0.5, 0.6) is 0 Å². The molecular formula is C54H37N5. The van der Waals surface area contributed by atoms with E-state index in [1.54, 1.807) is 0 Å². The van der Waals surface area contributed by atoms with Crippen molar-refractivity contribution < 1.29 is 0 Å². The molecule has 0 amide bonds. The lowest BCUT2D eigenvalue weighted by atomic mass is 10.0. The molecule has 0 radical (unpaired) electrons.